The van der Waals surface area contributed by atoms with Crippen LogP contribution in [0.25, 0.3) is 0 Å². The van der Waals surface area contributed by atoms with Crippen molar-refractivity contribution in [3.05, 3.63) is 231 Å². The SMILES string of the molecule is COC(=O)C(=C(O)CC(O)=C(C(=O)OC)[PH+](c1ccccc1)c1ccccc1)[PH+](c1ccccc1)c1ccccc1.[CH3-].[CH3-].[Ni+2].[Ni+2].[c-]1ccccc1.[c-]1ccccc1. The summed E-state index contributed by atoms with van der Waals surface area (Å²) in [5.41, 5.74) is 0. The molecule has 6 nitrogen and oxygen atoms in total. The number of hydrogen-bond acceptors (Lipinski definition) is 6. The average molecular weight is 888 g/mol. The number of aliphatic hydroxyl groups excluding tert-OH is 2. The molecule has 0 fully saturated rings. The Labute approximate surface area is 361 Å². The van der Waals surface area contributed by atoms with Crippen LogP contribution in [0.5, 0.6) is 0 Å². The molecule has 300 valence electrons. The number of methoxy groups -OCH3 is 2. The Morgan fingerprint density at radius 3 is 0.860 bits per heavy atom. The summed E-state index contributed by atoms with van der Waals surface area (Å²) in [5, 5.41) is 26.7. The molecule has 57 heavy (non-hydrogen) atoms. The Bertz CT molecular complexity index is 1740. The number of hydrogen-bond donors (Lipinski definition) is 2. The second-order valence-electron chi connectivity index (χ2n) is 11.2. The molecule has 0 saturated heterocycles. The van der Waals surface area contributed by atoms with Crippen molar-refractivity contribution >= 4 is 49.0 Å². The molecule has 10 heteroatoms. The summed E-state index contributed by atoms with van der Waals surface area (Å²) in [6, 6.07) is 62.7. The minimum atomic E-state index is -2.05. The molecule has 0 radical (unpaired) electrons. The predicted molar refractivity (Wildman–Crippen MR) is 232 cm³/mol. The van der Waals surface area contributed by atoms with Gasteiger partial charge in [-0.1, -0.05) is 72.8 Å². The fraction of sp³-hybridized carbons (Fsp3) is 0.0638. The van der Waals surface area contributed by atoms with E-state index in [1.807, 2.05) is 182 Å². The number of carbonyl (C=O) groups is 2. The first-order valence-corrected chi connectivity index (χ1v) is 19.8. The van der Waals surface area contributed by atoms with Crippen LogP contribution in [0.15, 0.2) is 204 Å². The maximum atomic E-state index is 13.3. The van der Waals surface area contributed by atoms with Crippen molar-refractivity contribution < 1.29 is 62.3 Å². The molecule has 0 amide bonds. The summed E-state index contributed by atoms with van der Waals surface area (Å²) in [6.07, 6.45) is -0.448. The van der Waals surface area contributed by atoms with E-state index in [2.05, 4.69) is 12.1 Å². The van der Waals surface area contributed by atoms with Crippen LogP contribution in [0.4, 0.5) is 0 Å². The summed E-state index contributed by atoms with van der Waals surface area (Å²) >= 11 is 0. The largest absolute Gasteiger partial charge is 2.00 e. The number of benzene rings is 6. The monoisotopic (exact) mass is 886 g/mol. The van der Waals surface area contributed by atoms with Gasteiger partial charge in [0.2, 0.25) is 10.6 Å². The summed E-state index contributed by atoms with van der Waals surface area (Å²) in [5.74, 6) is -2.12. The maximum absolute atomic E-state index is 13.3. The smallest absolute Gasteiger partial charge is 0.507 e. The van der Waals surface area contributed by atoms with Gasteiger partial charge in [0.05, 0.1) is 20.6 Å². The van der Waals surface area contributed by atoms with Gasteiger partial charge in [0.1, 0.15) is 37.1 Å². The molecule has 6 aromatic rings. The molecule has 0 aromatic heterocycles. The van der Waals surface area contributed by atoms with Gasteiger partial charge >= 0.3 is 44.9 Å². The molecule has 0 unspecified atom stereocenters. The van der Waals surface area contributed by atoms with Crippen molar-refractivity contribution in [1.82, 2.24) is 0 Å². The van der Waals surface area contributed by atoms with Gasteiger partial charge in [-0.3, -0.25) is 0 Å². The van der Waals surface area contributed by atoms with Crippen molar-refractivity contribution in [1.29, 1.82) is 0 Å². The van der Waals surface area contributed by atoms with Gasteiger partial charge in [0.25, 0.3) is 0 Å². The molecular weight excluding hydrogens is 840 g/mol. The van der Waals surface area contributed by atoms with Crippen LogP contribution in [0.2, 0.25) is 0 Å². The Balaban J connectivity index is 0.00000167. The zero-order valence-corrected chi connectivity index (χ0v) is 36.2. The zero-order chi connectivity index (χ0) is 37.7. The fourth-order valence-electron chi connectivity index (χ4n) is 5.28. The molecule has 0 aliphatic carbocycles. The van der Waals surface area contributed by atoms with Gasteiger partial charge in [0.15, 0.2) is 11.5 Å². The third kappa shape index (κ3) is 16.3. The zero-order valence-electron chi connectivity index (χ0n) is 32.2. The predicted octanol–water partition coefficient (Wildman–Crippen LogP) is 8.86. The van der Waals surface area contributed by atoms with E-state index in [-0.39, 0.29) is 70.0 Å². The van der Waals surface area contributed by atoms with E-state index >= 15 is 0 Å². The first kappa shape index (κ1) is 52.2. The third-order valence-corrected chi connectivity index (χ3v) is 13.3. The fourth-order valence-corrected chi connectivity index (χ4v) is 10.6. The molecule has 6 rings (SSSR count). The van der Waals surface area contributed by atoms with E-state index in [0.29, 0.717) is 0 Å². The number of rotatable bonds is 10. The van der Waals surface area contributed by atoms with Gasteiger partial charge in [-0.2, -0.15) is 72.8 Å². The van der Waals surface area contributed by atoms with Crippen LogP contribution in [0.1, 0.15) is 6.42 Å². The van der Waals surface area contributed by atoms with Gasteiger partial charge in [-0.25, -0.2) is 9.59 Å². The molecule has 0 heterocycles. The second kappa shape index (κ2) is 29.4. The number of ether oxygens (including phenoxy) is 2. The number of carbonyl (C=O) groups excluding carboxylic acids is 2. The van der Waals surface area contributed by atoms with Crippen molar-refractivity contribution in [2.75, 3.05) is 14.2 Å². The van der Waals surface area contributed by atoms with Gasteiger partial charge in [-0.15, -0.1) is 0 Å². The summed E-state index contributed by atoms with van der Waals surface area (Å²) in [6.45, 7) is 0. The molecule has 6 aromatic carbocycles. The van der Waals surface area contributed by atoms with Crippen molar-refractivity contribution in [2.24, 2.45) is 0 Å². The Kier molecular flexibility index (Phi) is 26.9. The normalized spacial score (nSPS) is 10.6. The average Bonchev–Trinajstić information content (AvgIpc) is 3.24. The van der Waals surface area contributed by atoms with Gasteiger partial charge < -0.3 is 34.5 Å². The van der Waals surface area contributed by atoms with Crippen LogP contribution in [-0.4, -0.2) is 36.4 Å². The van der Waals surface area contributed by atoms with Crippen LogP contribution in [-0.2, 0) is 52.0 Å². The molecule has 0 saturated carbocycles. The van der Waals surface area contributed by atoms with Crippen LogP contribution < -0.4 is 21.2 Å². The molecule has 0 spiro atoms. The van der Waals surface area contributed by atoms with Crippen molar-refractivity contribution in [3.8, 4) is 0 Å². The minimum Gasteiger partial charge on any atom is -0.507 e. The molecule has 0 bridgehead atoms. The van der Waals surface area contributed by atoms with Crippen molar-refractivity contribution in [3.63, 3.8) is 0 Å². The molecule has 2 N–H and O–H groups in total. The third-order valence-electron chi connectivity index (χ3n) is 7.66. The van der Waals surface area contributed by atoms with Gasteiger partial charge in [0, 0.05) is 0 Å². The molecular formula is C47H48Ni2O6P2+2. The number of esters is 2. The quantitative estimate of drug-likeness (QED) is 0.0357. The molecule has 0 aliphatic rings. The molecule has 0 atom stereocenters. The second-order valence-corrected chi connectivity index (χ2v) is 16.0. The van der Waals surface area contributed by atoms with E-state index in [0.717, 1.165) is 21.2 Å². The standard InChI is InChI=1S/C33H30O6P2.2C6H5.2CH3.2Ni/c1-38-32(36)30(40(24-15-7-3-8-16-24)25-17-9-4-10-18-25)28(34)23-29(35)31(33(37)39-2)41(26-19-11-5-12-20-26)27-21-13-6-14-22-27;2*1-2-4-6-5-3-1;;;;/h3-22,34-35H,23H2,1-2H3;2*1-5H;2*1H3;;/q;4*-1;2*+2/p+2. The maximum Gasteiger partial charge on any atom is 2.00 e. The Morgan fingerprint density at radius 2 is 0.684 bits per heavy atom. The molecule has 0 aliphatic heterocycles. The van der Waals surface area contributed by atoms with Crippen molar-refractivity contribution in [2.45, 2.75) is 6.42 Å². The van der Waals surface area contributed by atoms with E-state index in [1.54, 1.807) is 0 Å². The Morgan fingerprint density at radius 1 is 0.456 bits per heavy atom. The van der Waals surface area contributed by atoms with Crippen LogP contribution >= 0.6 is 15.8 Å². The number of aliphatic hydroxyl groups is 2. The Hall–Kier alpha value is -4.81. The van der Waals surface area contributed by atoms with Gasteiger partial charge in [-0.05, 0) is 48.5 Å². The minimum absolute atomic E-state index is 0. The van der Waals surface area contributed by atoms with E-state index in [4.69, 9.17) is 9.47 Å². The van der Waals surface area contributed by atoms with E-state index < -0.39 is 34.2 Å². The van der Waals surface area contributed by atoms with Crippen LogP contribution in [0.3, 0.4) is 0 Å². The summed E-state index contributed by atoms with van der Waals surface area (Å²) in [4.78, 5) is 26.5. The van der Waals surface area contributed by atoms with E-state index in [9.17, 15) is 19.8 Å². The first-order chi connectivity index (χ1) is 26.0. The van der Waals surface area contributed by atoms with E-state index in [1.165, 1.54) is 14.2 Å². The first-order valence-electron chi connectivity index (χ1n) is 16.8. The van der Waals surface area contributed by atoms with Crippen LogP contribution in [0, 0.1) is 27.0 Å². The summed E-state index contributed by atoms with van der Waals surface area (Å²) < 4.78 is 10.3. The topological polar surface area (TPSA) is 93.1 Å². The summed E-state index contributed by atoms with van der Waals surface area (Å²) in [7, 11) is -1.60.